The van der Waals surface area contributed by atoms with Crippen molar-refractivity contribution in [1.82, 2.24) is 9.80 Å². The van der Waals surface area contributed by atoms with Gasteiger partial charge in [0.05, 0.1) is 0 Å². The van der Waals surface area contributed by atoms with Gasteiger partial charge in [-0.25, -0.2) is 0 Å². The van der Waals surface area contributed by atoms with Crippen LogP contribution in [-0.4, -0.2) is 73.6 Å². The fraction of sp³-hybridized carbons (Fsp3) is 0.600. The molecule has 6 nitrogen and oxygen atoms in total. The first-order valence-corrected chi connectivity index (χ1v) is 9.77. The molecule has 6 heteroatoms. The minimum Gasteiger partial charge on any atom is -0.372 e. The summed E-state index contributed by atoms with van der Waals surface area (Å²) in [5.74, 6) is 0.145. The molecule has 0 spiro atoms. The van der Waals surface area contributed by atoms with Gasteiger partial charge in [0.2, 0.25) is 0 Å². The summed E-state index contributed by atoms with van der Waals surface area (Å²) in [7, 11) is 0. The molecule has 0 bridgehead atoms. The summed E-state index contributed by atoms with van der Waals surface area (Å²) < 4.78 is 5.49. The molecule has 3 fully saturated rings. The molecule has 0 aromatic heterocycles. The molecule has 3 aliphatic rings. The second-order valence-corrected chi connectivity index (χ2v) is 7.36. The summed E-state index contributed by atoms with van der Waals surface area (Å²) >= 11 is 0. The second kappa shape index (κ2) is 7.66. The van der Waals surface area contributed by atoms with Crippen molar-refractivity contribution in [1.29, 1.82) is 0 Å². The fourth-order valence-corrected chi connectivity index (χ4v) is 4.08. The van der Waals surface area contributed by atoms with Gasteiger partial charge < -0.3 is 19.4 Å². The SMILES string of the molecule is O=C(c1ccc(N2CCCC2)cc1)N1CCN(C(=O)C2CCCO2)CC1. The van der Waals surface area contributed by atoms with Crippen LogP contribution < -0.4 is 4.90 Å². The number of piperazine rings is 1. The van der Waals surface area contributed by atoms with E-state index in [1.54, 1.807) is 0 Å². The van der Waals surface area contributed by atoms with Crippen molar-refractivity contribution in [3.8, 4) is 0 Å². The molecule has 140 valence electrons. The first-order chi connectivity index (χ1) is 12.7. The number of amides is 2. The van der Waals surface area contributed by atoms with Gasteiger partial charge in [0.1, 0.15) is 6.10 Å². The maximum Gasteiger partial charge on any atom is 0.253 e. The Balaban J connectivity index is 1.32. The molecule has 1 aromatic rings. The van der Waals surface area contributed by atoms with Crippen molar-refractivity contribution in [3.63, 3.8) is 0 Å². The molecule has 0 saturated carbocycles. The molecule has 0 radical (unpaired) electrons. The molecule has 1 aromatic carbocycles. The van der Waals surface area contributed by atoms with Gasteiger partial charge in [-0.1, -0.05) is 0 Å². The van der Waals surface area contributed by atoms with Gasteiger partial charge in [0, 0.05) is 57.1 Å². The van der Waals surface area contributed by atoms with Crippen molar-refractivity contribution in [2.24, 2.45) is 0 Å². The zero-order valence-corrected chi connectivity index (χ0v) is 15.2. The number of hydrogen-bond acceptors (Lipinski definition) is 4. The third kappa shape index (κ3) is 3.56. The van der Waals surface area contributed by atoms with Crippen LogP contribution in [0.3, 0.4) is 0 Å². The van der Waals surface area contributed by atoms with Gasteiger partial charge in [-0.15, -0.1) is 0 Å². The summed E-state index contributed by atoms with van der Waals surface area (Å²) in [6, 6.07) is 7.96. The molecular weight excluding hydrogens is 330 g/mol. The predicted molar refractivity (Wildman–Crippen MR) is 99.3 cm³/mol. The number of anilines is 1. The van der Waals surface area contributed by atoms with E-state index in [1.807, 2.05) is 21.9 Å². The van der Waals surface area contributed by atoms with Crippen molar-refractivity contribution in [3.05, 3.63) is 29.8 Å². The van der Waals surface area contributed by atoms with E-state index >= 15 is 0 Å². The minimum atomic E-state index is -0.268. The van der Waals surface area contributed by atoms with Crippen LogP contribution in [0.5, 0.6) is 0 Å². The Kier molecular flexibility index (Phi) is 5.11. The van der Waals surface area contributed by atoms with Crippen LogP contribution in [0.25, 0.3) is 0 Å². The summed E-state index contributed by atoms with van der Waals surface area (Å²) in [6.45, 7) is 5.26. The Morgan fingerprint density at radius 1 is 0.846 bits per heavy atom. The van der Waals surface area contributed by atoms with Crippen LogP contribution in [0.4, 0.5) is 5.69 Å². The molecule has 2 amide bonds. The molecule has 3 heterocycles. The molecule has 3 aliphatic heterocycles. The van der Waals surface area contributed by atoms with E-state index in [-0.39, 0.29) is 17.9 Å². The van der Waals surface area contributed by atoms with Gasteiger partial charge in [0.25, 0.3) is 11.8 Å². The largest absolute Gasteiger partial charge is 0.372 e. The summed E-state index contributed by atoms with van der Waals surface area (Å²) in [5, 5.41) is 0. The molecule has 0 aliphatic carbocycles. The van der Waals surface area contributed by atoms with E-state index in [4.69, 9.17) is 4.74 Å². The highest BCUT2D eigenvalue weighted by Gasteiger charge is 2.31. The zero-order valence-electron chi connectivity index (χ0n) is 15.2. The van der Waals surface area contributed by atoms with E-state index in [2.05, 4.69) is 17.0 Å². The number of carbonyl (C=O) groups excluding carboxylic acids is 2. The highest BCUT2D eigenvalue weighted by atomic mass is 16.5. The van der Waals surface area contributed by atoms with E-state index in [0.717, 1.165) is 31.5 Å². The lowest BCUT2D eigenvalue weighted by Crippen LogP contribution is -2.52. The Morgan fingerprint density at radius 3 is 2.12 bits per heavy atom. The van der Waals surface area contributed by atoms with Crippen LogP contribution >= 0.6 is 0 Å². The third-order valence-electron chi connectivity index (χ3n) is 5.67. The molecular formula is C20H27N3O3. The van der Waals surface area contributed by atoms with Crippen molar-refractivity contribution >= 4 is 17.5 Å². The smallest absolute Gasteiger partial charge is 0.253 e. The highest BCUT2D eigenvalue weighted by Crippen LogP contribution is 2.21. The van der Waals surface area contributed by atoms with Crippen molar-refractivity contribution < 1.29 is 14.3 Å². The van der Waals surface area contributed by atoms with Crippen LogP contribution in [0.15, 0.2) is 24.3 Å². The lowest BCUT2D eigenvalue weighted by Gasteiger charge is -2.35. The molecule has 0 N–H and O–H groups in total. The number of benzene rings is 1. The van der Waals surface area contributed by atoms with Gasteiger partial charge >= 0.3 is 0 Å². The monoisotopic (exact) mass is 357 g/mol. The van der Waals surface area contributed by atoms with E-state index < -0.39 is 0 Å². The third-order valence-corrected chi connectivity index (χ3v) is 5.67. The summed E-state index contributed by atoms with van der Waals surface area (Å²) in [5.41, 5.74) is 1.93. The zero-order chi connectivity index (χ0) is 17.9. The Morgan fingerprint density at radius 2 is 1.50 bits per heavy atom. The predicted octanol–water partition coefficient (Wildman–Crippen LogP) is 1.75. The quantitative estimate of drug-likeness (QED) is 0.827. The fourth-order valence-electron chi connectivity index (χ4n) is 4.08. The Bertz CT molecular complexity index is 641. The summed E-state index contributed by atoms with van der Waals surface area (Å²) in [4.78, 5) is 31.2. The topological polar surface area (TPSA) is 53.1 Å². The normalized spacial score (nSPS) is 23.5. The molecule has 4 rings (SSSR count). The lowest BCUT2D eigenvalue weighted by molar-refractivity contribution is -0.142. The first-order valence-electron chi connectivity index (χ1n) is 9.77. The van der Waals surface area contributed by atoms with Gasteiger partial charge in [0.15, 0.2) is 0 Å². The van der Waals surface area contributed by atoms with Crippen molar-refractivity contribution in [2.45, 2.75) is 31.8 Å². The summed E-state index contributed by atoms with van der Waals surface area (Å²) in [6.07, 6.45) is 4.00. The maximum atomic E-state index is 12.7. The van der Waals surface area contributed by atoms with Gasteiger partial charge in [-0.05, 0) is 49.9 Å². The molecule has 26 heavy (non-hydrogen) atoms. The van der Waals surface area contributed by atoms with E-state index in [1.165, 1.54) is 18.5 Å². The average molecular weight is 357 g/mol. The average Bonchev–Trinajstić information content (AvgIpc) is 3.41. The second-order valence-electron chi connectivity index (χ2n) is 7.36. The number of ether oxygens (including phenoxy) is 1. The van der Waals surface area contributed by atoms with E-state index in [9.17, 15) is 9.59 Å². The number of rotatable bonds is 3. The van der Waals surface area contributed by atoms with Crippen LogP contribution in [0.1, 0.15) is 36.0 Å². The van der Waals surface area contributed by atoms with Crippen LogP contribution in [0, 0.1) is 0 Å². The standard InChI is InChI=1S/C20H27N3O3/c24-19(16-5-7-17(8-6-16)21-9-1-2-10-21)22-11-13-23(14-12-22)20(25)18-4-3-15-26-18/h5-8,18H,1-4,9-15H2. The maximum absolute atomic E-state index is 12.7. The van der Waals surface area contributed by atoms with Gasteiger partial charge in [-0.2, -0.15) is 0 Å². The van der Waals surface area contributed by atoms with Crippen LogP contribution in [-0.2, 0) is 9.53 Å². The number of carbonyl (C=O) groups is 2. The molecule has 1 unspecified atom stereocenters. The molecule has 1 atom stereocenters. The first kappa shape index (κ1) is 17.3. The minimum absolute atomic E-state index is 0.0576. The molecule has 3 saturated heterocycles. The van der Waals surface area contributed by atoms with Crippen molar-refractivity contribution in [2.75, 3.05) is 50.8 Å². The number of hydrogen-bond donors (Lipinski definition) is 0. The Hall–Kier alpha value is -2.08. The van der Waals surface area contributed by atoms with Gasteiger partial charge in [-0.3, -0.25) is 9.59 Å². The Labute approximate surface area is 154 Å². The van der Waals surface area contributed by atoms with E-state index in [0.29, 0.717) is 32.8 Å². The number of nitrogens with zero attached hydrogens (tertiary/aromatic N) is 3. The lowest BCUT2D eigenvalue weighted by atomic mass is 10.1. The highest BCUT2D eigenvalue weighted by molar-refractivity contribution is 5.94. The van der Waals surface area contributed by atoms with Crippen LogP contribution in [0.2, 0.25) is 0 Å².